The van der Waals surface area contributed by atoms with Crippen molar-refractivity contribution in [2.45, 2.75) is 56.3 Å². The van der Waals surface area contributed by atoms with E-state index in [0.717, 1.165) is 25.7 Å². The number of carboxylic acids is 1. The highest BCUT2D eigenvalue weighted by atomic mass is 16.4. The zero-order chi connectivity index (χ0) is 11.9. The summed E-state index contributed by atoms with van der Waals surface area (Å²) in [5, 5.41) is 18.7. The number of aliphatic carboxylic acids is 1. The zero-order valence-corrected chi connectivity index (χ0v) is 9.59. The van der Waals surface area contributed by atoms with Gasteiger partial charge in [-0.25, -0.2) is 4.79 Å². The van der Waals surface area contributed by atoms with Crippen molar-refractivity contribution in [3.63, 3.8) is 0 Å². The van der Waals surface area contributed by atoms with Crippen molar-refractivity contribution in [1.29, 1.82) is 0 Å². The Labute approximate surface area is 95.2 Å². The highest BCUT2D eigenvalue weighted by molar-refractivity contribution is 5.76. The van der Waals surface area contributed by atoms with Gasteiger partial charge in [0, 0.05) is 24.7 Å². The average Bonchev–Trinajstić information content (AvgIpc) is 2.43. The van der Waals surface area contributed by atoms with Crippen LogP contribution in [0.15, 0.2) is 0 Å². The van der Waals surface area contributed by atoms with Gasteiger partial charge in [-0.2, -0.15) is 0 Å². The molecule has 0 aliphatic carbocycles. The van der Waals surface area contributed by atoms with Crippen LogP contribution in [0.1, 0.15) is 32.6 Å². The molecule has 0 radical (unpaired) electrons. The van der Waals surface area contributed by atoms with E-state index in [1.54, 1.807) is 0 Å². The topological polar surface area (TPSA) is 86.8 Å². The third-order valence-corrected chi connectivity index (χ3v) is 3.87. The molecule has 0 aromatic carbocycles. The van der Waals surface area contributed by atoms with Crippen LogP contribution in [0.2, 0.25) is 0 Å². The van der Waals surface area contributed by atoms with Crippen molar-refractivity contribution in [1.82, 2.24) is 4.90 Å². The Morgan fingerprint density at radius 3 is 2.38 bits per heavy atom. The molecule has 2 saturated heterocycles. The number of nitrogens with two attached hydrogens (primary N) is 1. The Bertz CT molecular complexity index is 279. The van der Waals surface area contributed by atoms with Gasteiger partial charge in [-0.05, 0) is 32.6 Å². The number of carboxylic acid groups (broad SMARTS) is 1. The Kier molecular flexibility index (Phi) is 2.94. The molecule has 2 aliphatic heterocycles. The van der Waals surface area contributed by atoms with E-state index in [4.69, 9.17) is 10.8 Å². The first-order valence-electron chi connectivity index (χ1n) is 5.87. The van der Waals surface area contributed by atoms with Crippen LogP contribution in [-0.2, 0) is 4.79 Å². The fourth-order valence-corrected chi connectivity index (χ4v) is 3.00. The lowest BCUT2D eigenvalue weighted by Gasteiger charge is -2.40. The molecule has 2 heterocycles. The molecule has 5 nitrogen and oxygen atoms in total. The van der Waals surface area contributed by atoms with E-state index < -0.39 is 11.6 Å². The molecule has 2 rings (SSSR count). The summed E-state index contributed by atoms with van der Waals surface area (Å²) in [5.74, 6) is -1.15. The second-order valence-corrected chi connectivity index (χ2v) is 5.37. The number of rotatable bonds is 3. The monoisotopic (exact) mass is 228 g/mol. The van der Waals surface area contributed by atoms with Gasteiger partial charge in [0.1, 0.15) is 0 Å². The summed E-state index contributed by atoms with van der Waals surface area (Å²) in [6, 6.07) is 0.961. The maximum absolute atomic E-state index is 10.9. The maximum atomic E-state index is 10.9. The number of fused-ring (bicyclic) bond motifs is 2. The average molecular weight is 228 g/mol. The molecule has 4 N–H and O–H groups in total. The van der Waals surface area contributed by atoms with Crippen molar-refractivity contribution >= 4 is 5.97 Å². The maximum Gasteiger partial charge on any atom is 0.336 e. The third-order valence-electron chi connectivity index (χ3n) is 3.87. The van der Waals surface area contributed by atoms with Gasteiger partial charge in [0.15, 0.2) is 5.60 Å². The molecule has 92 valence electrons. The summed E-state index contributed by atoms with van der Waals surface area (Å²) < 4.78 is 0. The highest BCUT2D eigenvalue weighted by Gasteiger charge is 2.44. The van der Waals surface area contributed by atoms with Gasteiger partial charge in [-0.3, -0.25) is 4.90 Å². The van der Waals surface area contributed by atoms with Crippen molar-refractivity contribution in [3.8, 4) is 0 Å². The molecule has 0 aromatic rings. The van der Waals surface area contributed by atoms with E-state index in [0.29, 0.717) is 12.1 Å². The van der Waals surface area contributed by atoms with Gasteiger partial charge in [0.25, 0.3) is 0 Å². The predicted octanol–water partition coefficient (Wildman–Crippen LogP) is -0.224. The minimum Gasteiger partial charge on any atom is -0.479 e. The molecule has 2 aliphatic rings. The van der Waals surface area contributed by atoms with E-state index in [1.165, 1.54) is 6.92 Å². The van der Waals surface area contributed by atoms with Crippen molar-refractivity contribution < 1.29 is 15.0 Å². The fourth-order valence-electron chi connectivity index (χ4n) is 3.00. The number of carbonyl (C=O) groups is 1. The van der Waals surface area contributed by atoms with Crippen LogP contribution in [0.25, 0.3) is 0 Å². The van der Waals surface area contributed by atoms with Crippen LogP contribution >= 0.6 is 0 Å². The lowest BCUT2D eigenvalue weighted by Crippen LogP contribution is -2.55. The van der Waals surface area contributed by atoms with Gasteiger partial charge in [-0.1, -0.05) is 0 Å². The van der Waals surface area contributed by atoms with E-state index in [1.807, 2.05) is 0 Å². The molecule has 3 unspecified atom stereocenters. The number of hydrogen-bond donors (Lipinski definition) is 3. The van der Waals surface area contributed by atoms with Crippen molar-refractivity contribution in [3.05, 3.63) is 0 Å². The normalized spacial score (nSPS) is 38.3. The van der Waals surface area contributed by atoms with E-state index >= 15 is 0 Å². The minimum absolute atomic E-state index is 0.213. The molecule has 0 aromatic heterocycles. The lowest BCUT2D eigenvalue weighted by atomic mass is 9.95. The second-order valence-electron chi connectivity index (χ2n) is 5.37. The molecule has 16 heavy (non-hydrogen) atoms. The third kappa shape index (κ3) is 2.07. The molecule has 5 heteroatoms. The zero-order valence-electron chi connectivity index (χ0n) is 9.59. The lowest BCUT2D eigenvalue weighted by molar-refractivity contribution is -0.159. The van der Waals surface area contributed by atoms with Crippen LogP contribution in [-0.4, -0.2) is 51.4 Å². The molecule has 2 fully saturated rings. The smallest absolute Gasteiger partial charge is 0.336 e. The van der Waals surface area contributed by atoms with Gasteiger partial charge in [0.2, 0.25) is 0 Å². The summed E-state index contributed by atoms with van der Waals surface area (Å²) in [6.07, 6.45) is 4.00. The molecule has 3 atom stereocenters. The van der Waals surface area contributed by atoms with Crippen LogP contribution in [0.5, 0.6) is 0 Å². The Balaban J connectivity index is 2.04. The number of aliphatic hydroxyl groups is 1. The van der Waals surface area contributed by atoms with Crippen LogP contribution in [0.4, 0.5) is 0 Å². The van der Waals surface area contributed by atoms with Crippen LogP contribution in [0, 0.1) is 0 Å². The highest BCUT2D eigenvalue weighted by Crippen LogP contribution is 2.35. The molecule has 2 bridgehead atoms. The first kappa shape index (κ1) is 11.8. The van der Waals surface area contributed by atoms with Gasteiger partial charge < -0.3 is 15.9 Å². The summed E-state index contributed by atoms with van der Waals surface area (Å²) in [4.78, 5) is 13.0. The summed E-state index contributed by atoms with van der Waals surface area (Å²) in [5.41, 5.74) is 4.29. The van der Waals surface area contributed by atoms with Crippen LogP contribution in [0.3, 0.4) is 0 Å². The number of nitrogens with zero attached hydrogens (tertiary/aromatic N) is 1. The second kappa shape index (κ2) is 3.98. The summed E-state index contributed by atoms with van der Waals surface area (Å²) >= 11 is 0. The number of piperidine rings is 1. The molecule has 0 amide bonds. The first-order chi connectivity index (χ1) is 7.40. The van der Waals surface area contributed by atoms with Crippen molar-refractivity contribution in [2.24, 2.45) is 5.73 Å². The SMILES string of the molecule is CC(O)(CN1C2CCC1CC(N)C2)C(=O)O. The minimum atomic E-state index is -1.65. The Morgan fingerprint density at radius 2 is 1.94 bits per heavy atom. The van der Waals surface area contributed by atoms with Gasteiger partial charge in [0.05, 0.1) is 0 Å². The molecular weight excluding hydrogens is 208 g/mol. The summed E-state index contributed by atoms with van der Waals surface area (Å²) in [7, 11) is 0. The van der Waals surface area contributed by atoms with E-state index in [2.05, 4.69) is 4.90 Å². The standard InChI is InChI=1S/C11H20N2O3/c1-11(16,10(14)15)6-13-8-2-3-9(13)5-7(12)4-8/h7-9,16H,2-6,12H2,1H3,(H,14,15). The van der Waals surface area contributed by atoms with Crippen LogP contribution < -0.4 is 5.73 Å². The van der Waals surface area contributed by atoms with Gasteiger partial charge >= 0.3 is 5.97 Å². The molecule has 0 spiro atoms. The Hall–Kier alpha value is -0.650. The van der Waals surface area contributed by atoms with E-state index in [-0.39, 0.29) is 12.6 Å². The van der Waals surface area contributed by atoms with Gasteiger partial charge in [-0.15, -0.1) is 0 Å². The van der Waals surface area contributed by atoms with Crippen molar-refractivity contribution in [2.75, 3.05) is 6.54 Å². The Morgan fingerprint density at radius 1 is 1.44 bits per heavy atom. The molecule has 0 saturated carbocycles. The predicted molar refractivity (Wildman–Crippen MR) is 59.0 cm³/mol. The largest absolute Gasteiger partial charge is 0.479 e. The fraction of sp³-hybridized carbons (Fsp3) is 0.909. The first-order valence-corrected chi connectivity index (χ1v) is 5.87. The van der Waals surface area contributed by atoms with E-state index in [9.17, 15) is 9.90 Å². The quantitative estimate of drug-likeness (QED) is 0.621. The summed E-state index contributed by atoms with van der Waals surface area (Å²) in [6.45, 7) is 1.58. The molecular formula is C11H20N2O3. The number of hydrogen-bond acceptors (Lipinski definition) is 4.